The molecule has 0 aromatic carbocycles. The summed E-state index contributed by atoms with van der Waals surface area (Å²) >= 11 is 1.56. The van der Waals surface area contributed by atoms with Crippen molar-refractivity contribution in [3.05, 3.63) is 33.9 Å². The largest absolute Gasteiger partial charge is 0.328 e. The van der Waals surface area contributed by atoms with E-state index in [0.29, 0.717) is 5.70 Å². The maximum absolute atomic E-state index is 14.0. The molecular formula is C21H32FN3O2S. The molecule has 0 saturated heterocycles. The molecule has 1 heterocycles. The van der Waals surface area contributed by atoms with Gasteiger partial charge in [-0.15, -0.1) is 11.3 Å². The number of aryl methyl sites for hydroxylation is 1. The van der Waals surface area contributed by atoms with Crippen LogP contribution in [0.2, 0.25) is 0 Å². The second-order valence-electron chi connectivity index (χ2n) is 7.38. The van der Waals surface area contributed by atoms with Crippen LogP contribution in [0.4, 0.5) is 9.18 Å². The number of carbonyl (C=O) groups is 2. The number of hydrogen-bond donors (Lipinski definition) is 1. The van der Waals surface area contributed by atoms with E-state index in [0.717, 1.165) is 21.0 Å². The van der Waals surface area contributed by atoms with Crippen LogP contribution in [-0.2, 0) is 4.79 Å². The first kappa shape index (κ1) is 24.0. The molecule has 2 unspecified atom stereocenters. The Balaban J connectivity index is 2.93. The van der Waals surface area contributed by atoms with E-state index >= 15 is 0 Å². The van der Waals surface area contributed by atoms with Crippen molar-refractivity contribution in [2.45, 2.75) is 61.1 Å². The molecule has 1 aromatic heterocycles. The van der Waals surface area contributed by atoms with Crippen LogP contribution in [0.5, 0.6) is 0 Å². The minimum atomic E-state index is -1.24. The molecule has 0 spiro atoms. The molecule has 0 aliphatic rings. The summed E-state index contributed by atoms with van der Waals surface area (Å²) in [6, 6.07) is -0.595. The van der Waals surface area contributed by atoms with Gasteiger partial charge in [0.1, 0.15) is 6.17 Å². The van der Waals surface area contributed by atoms with Gasteiger partial charge < -0.3 is 5.32 Å². The molecule has 0 bridgehead atoms. The van der Waals surface area contributed by atoms with Gasteiger partial charge in [-0.25, -0.2) is 14.2 Å². The van der Waals surface area contributed by atoms with Gasteiger partial charge in [-0.2, -0.15) is 0 Å². The van der Waals surface area contributed by atoms with Crippen LogP contribution in [0, 0.1) is 18.8 Å². The normalized spacial score (nSPS) is 14.8. The Bertz CT molecular complexity index is 740. The first-order valence-electron chi connectivity index (χ1n) is 9.60. The Morgan fingerprint density at radius 2 is 1.93 bits per heavy atom. The van der Waals surface area contributed by atoms with Crippen molar-refractivity contribution in [3.63, 3.8) is 0 Å². The number of amides is 3. The number of hydrogen-bond acceptors (Lipinski definition) is 4. The van der Waals surface area contributed by atoms with Crippen molar-refractivity contribution in [2.24, 2.45) is 11.8 Å². The smallest absolute Gasteiger partial charge is 0.312 e. The lowest BCUT2D eigenvalue weighted by Gasteiger charge is -2.27. The van der Waals surface area contributed by atoms with E-state index in [4.69, 9.17) is 0 Å². The molecule has 0 radical (unpaired) electrons. The Morgan fingerprint density at radius 1 is 1.29 bits per heavy atom. The van der Waals surface area contributed by atoms with Gasteiger partial charge in [0.25, 0.3) is 0 Å². The highest BCUT2D eigenvalue weighted by Gasteiger charge is 2.29. The number of alkyl halides is 1. The fourth-order valence-electron chi connectivity index (χ4n) is 2.41. The first-order valence-corrected chi connectivity index (χ1v) is 10.5. The highest BCUT2D eigenvalue weighted by Crippen LogP contribution is 2.22. The predicted molar refractivity (Wildman–Crippen MR) is 114 cm³/mol. The third-order valence-electron chi connectivity index (χ3n) is 4.72. The molecule has 28 heavy (non-hydrogen) atoms. The quantitative estimate of drug-likeness (QED) is 0.590. The number of aromatic nitrogens is 1. The van der Waals surface area contributed by atoms with Crippen LogP contribution >= 0.6 is 11.3 Å². The number of imide groups is 1. The maximum Gasteiger partial charge on any atom is 0.328 e. The van der Waals surface area contributed by atoms with Gasteiger partial charge in [-0.1, -0.05) is 33.8 Å². The zero-order valence-electron chi connectivity index (χ0n) is 17.9. The van der Waals surface area contributed by atoms with Crippen LogP contribution in [-0.4, -0.2) is 34.5 Å². The van der Waals surface area contributed by atoms with Gasteiger partial charge in [0, 0.05) is 11.6 Å². The van der Waals surface area contributed by atoms with E-state index in [-0.39, 0.29) is 30.7 Å². The van der Waals surface area contributed by atoms with Gasteiger partial charge in [0.2, 0.25) is 5.91 Å². The monoisotopic (exact) mass is 409 g/mol. The van der Waals surface area contributed by atoms with Crippen LogP contribution in [0.25, 0.3) is 5.57 Å². The fraction of sp³-hybridized carbons (Fsp3) is 0.571. The predicted octanol–water partition coefficient (Wildman–Crippen LogP) is 5.34. The SMILES string of the molecule is CCC(F)CN(C(=O)N/C(C)=C/C=C(\C)c1scnc1C)C(=O)C(C)C(C)C. The van der Waals surface area contributed by atoms with Crippen molar-refractivity contribution >= 4 is 28.8 Å². The molecular weight excluding hydrogens is 377 g/mol. The summed E-state index contributed by atoms with van der Waals surface area (Å²) in [6.07, 6.45) is 2.67. The second-order valence-corrected chi connectivity index (χ2v) is 8.24. The van der Waals surface area contributed by atoms with E-state index in [9.17, 15) is 14.0 Å². The lowest BCUT2D eigenvalue weighted by molar-refractivity contribution is -0.133. The molecule has 1 rings (SSSR count). The molecule has 0 aliphatic carbocycles. The lowest BCUT2D eigenvalue weighted by atomic mass is 9.96. The van der Waals surface area contributed by atoms with Gasteiger partial charge in [-0.05, 0) is 44.8 Å². The Morgan fingerprint density at radius 3 is 2.43 bits per heavy atom. The van der Waals surface area contributed by atoms with Gasteiger partial charge in [0.05, 0.1) is 22.6 Å². The Hall–Kier alpha value is -2.02. The van der Waals surface area contributed by atoms with Crippen molar-refractivity contribution in [1.82, 2.24) is 15.2 Å². The van der Waals surface area contributed by atoms with E-state index < -0.39 is 12.2 Å². The van der Waals surface area contributed by atoms with Crippen LogP contribution in [0.3, 0.4) is 0 Å². The van der Waals surface area contributed by atoms with Crippen molar-refractivity contribution < 1.29 is 14.0 Å². The molecule has 0 fully saturated rings. The number of nitrogens with zero attached hydrogens (tertiary/aromatic N) is 2. The van der Waals surface area contributed by atoms with Crippen molar-refractivity contribution in [2.75, 3.05) is 6.54 Å². The summed E-state index contributed by atoms with van der Waals surface area (Å²) < 4.78 is 14.0. The number of carbonyl (C=O) groups excluding carboxylic acids is 2. The number of thiazole rings is 1. The summed E-state index contributed by atoms with van der Waals surface area (Å²) in [6.45, 7) is 12.7. The number of halogens is 1. The highest BCUT2D eigenvalue weighted by atomic mass is 32.1. The fourth-order valence-corrected chi connectivity index (χ4v) is 3.21. The molecule has 3 amide bonds. The van der Waals surface area contributed by atoms with Gasteiger partial charge >= 0.3 is 6.03 Å². The third-order valence-corrected chi connectivity index (χ3v) is 5.78. The summed E-state index contributed by atoms with van der Waals surface area (Å²) in [4.78, 5) is 31.7. The van der Waals surface area contributed by atoms with E-state index in [1.54, 1.807) is 43.7 Å². The van der Waals surface area contributed by atoms with Crippen LogP contribution < -0.4 is 5.32 Å². The second kappa shape index (κ2) is 11.1. The molecule has 1 N–H and O–H groups in total. The number of urea groups is 1. The molecule has 0 aliphatic heterocycles. The lowest BCUT2D eigenvalue weighted by Crippen LogP contribution is -2.48. The zero-order valence-corrected chi connectivity index (χ0v) is 18.7. The number of allylic oxidation sites excluding steroid dienone is 4. The highest BCUT2D eigenvalue weighted by molar-refractivity contribution is 7.10. The average molecular weight is 410 g/mol. The molecule has 7 heteroatoms. The van der Waals surface area contributed by atoms with Crippen molar-refractivity contribution in [3.8, 4) is 0 Å². The summed E-state index contributed by atoms with van der Waals surface area (Å²) in [7, 11) is 0. The molecule has 156 valence electrons. The summed E-state index contributed by atoms with van der Waals surface area (Å²) in [5, 5.41) is 2.70. The average Bonchev–Trinajstić information content (AvgIpc) is 3.08. The van der Waals surface area contributed by atoms with E-state index in [1.807, 2.05) is 33.8 Å². The van der Waals surface area contributed by atoms with Gasteiger partial charge in [0.15, 0.2) is 0 Å². The van der Waals surface area contributed by atoms with E-state index in [2.05, 4.69) is 10.3 Å². The zero-order chi connectivity index (χ0) is 21.4. The maximum atomic E-state index is 14.0. The molecule has 0 saturated carbocycles. The topological polar surface area (TPSA) is 62.3 Å². The molecule has 1 aromatic rings. The minimum Gasteiger partial charge on any atom is -0.312 e. The molecule has 5 nitrogen and oxygen atoms in total. The third kappa shape index (κ3) is 6.86. The first-order chi connectivity index (χ1) is 13.1. The van der Waals surface area contributed by atoms with Gasteiger partial charge in [-0.3, -0.25) is 9.69 Å². The molecule has 2 atom stereocenters. The Kier molecular flexibility index (Phi) is 9.52. The van der Waals surface area contributed by atoms with E-state index in [1.165, 1.54) is 0 Å². The summed E-state index contributed by atoms with van der Waals surface area (Å²) in [5.74, 6) is -0.661. The van der Waals surface area contributed by atoms with Crippen LogP contribution in [0.15, 0.2) is 23.4 Å². The summed E-state index contributed by atoms with van der Waals surface area (Å²) in [5.41, 5.74) is 4.36. The minimum absolute atomic E-state index is 0.0624. The van der Waals surface area contributed by atoms with Crippen LogP contribution in [0.1, 0.15) is 58.5 Å². The number of rotatable bonds is 8. The number of nitrogens with one attached hydrogen (secondary N) is 1. The van der Waals surface area contributed by atoms with Crippen molar-refractivity contribution in [1.29, 1.82) is 0 Å². The Labute approximate surface area is 171 Å². The standard InChI is InChI=1S/C21H32FN3O2S/c1-8-18(22)11-25(20(26)16(6)13(2)3)21(27)24-15(5)10-9-14(4)19-17(7)23-12-28-19/h9-10,12-13,16,18H,8,11H2,1-7H3,(H,24,27)/b14-9+,15-10+.